The van der Waals surface area contributed by atoms with E-state index in [1.54, 1.807) is 0 Å². The Bertz CT molecular complexity index is 785. The normalized spacial score (nSPS) is 27.4. The maximum atomic E-state index is 13.2. The van der Waals surface area contributed by atoms with Gasteiger partial charge in [0.1, 0.15) is 18.8 Å². The molecule has 0 spiro atoms. The van der Waals surface area contributed by atoms with Crippen LogP contribution in [0.3, 0.4) is 0 Å². The first-order chi connectivity index (χ1) is 14.9. The van der Waals surface area contributed by atoms with Crippen LogP contribution in [0, 0.1) is 11.3 Å². The minimum atomic E-state index is -0.536. The van der Waals surface area contributed by atoms with E-state index in [4.69, 9.17) is 14.2 Å². The van der Waals surface area contributed by atoms with Gasteiger partial charge in [-0.05, 0) is 63.4 Å². The lowest BCUT2D eigenvalue weighted by molar-refractivity contribution is -0.155. The summed E-state index contributed by atoms with van der Waals surface area (Å²) in [6, 6.07) is 9.67. The number of nitrogens with zero attached hydrogens (tertiary/aromatic N) is 1. The molecule has 178 valence electrons. The maximum Gasteiger partial charge on any atom is 0.410 e. The SMILES string of the molecule is C[C@H]1C[C@@H]2C[C@H](OCC(=O)OCc3ccccc3)CC(N2C(=O)OC(C)(C)C)C(C)(C)C1. The monoisotopic (exact) mass is 445 g/mol. The van der Waals surface area contributed by atoms with E-state index in [0.29, 0.717) is 18.8 Å². The van der Waals surface area contributed by atoms with Gasteiger partial charge >= 0.3 is 12.1 Å². The fraction of sp³-hybridized carbons (Fsp3) is 0.692. The smallest absolute Gasteiger partial charge is 0.410 e. The Morgan fingerprint density at radius 1 is 1.09 bits per heavy atom. The van der Waals surface area contributed by atoms with Crippen molar-refractivity contribution in [3.63, 3.8) is 0 Å². The fourth-order valence-electron chi connectivity index (χ4n) is 5.31. The number of amides is 1. The van der Waals surface area contributed by atoms with Crippen molar-refractivity contribution in [3.05, 3.63) is 35.9 Å². The van der Waals surface area contributed by atoms with Crippen molar-refractivity contribution in [3.8, 4) is 0 Å². The van der Waals surface area contributed by atoms with Crippen LogP contribution in [-0.4, -0.2) is 47.4 Å². The molecule has 3 rings (SSSR count). The van der Waals surface area contributed by atoms with Crippen molar-refractivity contribution in [1.29, 1.82) is 0 Å². The minimum Gasteiger partial charge on any atom is -0.459 e. The highest BCUT2D eigenvalue weighted by molar-refractivity contribution is 5.71. The first-order valence-electron chi connectivity index (χ1n) is 11.8. The Labute approximate surface area is 192 Å². The highest BCUT2D eigenvalue weighted by Gasteiger charge is 2.50. The molecule has 2 saturated heterocycles. The molecule has 1 amide bonds. The topological polar surface area (TPSA) is 65.1 Å². The van der Waals surface area contributed by atoms with Gasteiger partial charge in [-0.25, -0.2) is 9.59 Å². The van der Waals surface area contributed by atoms with Gasteiger partial charge in [-0.15, -0.1) is 0 Å². The number of hydrogen-bond acceptors (Lipinski definition) is 5. The third-order valence-corrected chi connectivity index (χ3v) is 6.49. The second-order valence-corrected chi connectivity index (χ2v) is 11.1. The summed E-state index contributed by atoms with van der Waals surface area (Å²) in [5.74, 6) is 0.138. The third kappa shape index (κ3) is 6.47. The molecule has 4 atom stereocenters. The van der Waals surface area contributed by atoms with Crippen molar-refractivity contribution < 1.29 is 23.8 Å². The van der Waals surface area contributed by atoms with E-state index >= 15 is 0 Å². The Morgan fingerprint density at radius 3 is 2.44 bits per heavy atom. The largest absolute Gasteiger partial charge is 0.459 e. The molecule has 1 aromatic rings. The third-order valence-electron chi connectivity index (χ3n) is 6.49. The van der Waals surface area contributed by atoms with Gasteiger partial charge in [-0.1, -0.05) is 51.1 Å². The first-order valence-corrected chi connectivity index (χ1v) is 11.8. The van der Waals surface area contributed by atoms with Gasteiger partial charge in [0.05, 0.1) is 6.10 Å². The molecule has 0 aliphatic carbocycles. The van der Waals surface area contributed by atoms with Crippen molar-refractivity contribution in [2.45, 2.75) is 97.6 Å². The zero-order valence-electron chi connectivity index (χ0n) is 20.4. The molecule has 2 heterocycles. The van der Waals surface area contributed by atoms with Crippen LogP contribution in [-0.2, 0) is 25.6 Å². The van der Waals surface area contributed by atoms with E-state index in [1.165, 1.54) is 0 Å². The van der Waals surface area contributed by atoms with Crippen molar-refractivity contribution in [2.24, 2.45) is 11.3 Å². The van der Waals surface area contributed by atoms with Crippen LogP contribution in [0.1, 0.15) is 72.8 Å². The number of piperidine rings is 1. The summed E-state index contributed by atoms with van der Waals surface area (Å²) in [6.07, 6.45) is 3.04. The number of carbonyl (C=O) groups excluding carboxylic acids is 2. The summed E-state index contributed by atoms with van der Waals surface area (Å²) < 4.78 is 17.2. The van der Waals surface area contributed by atoms with E-state index in [-0.39, 0.29) is 48.9 Å². The number of fused-ring (bicyclic) bond motifs is 2. The average molecular weight is 446 g/mol. The molecule has 2 fully saturated rings. The van der Waals surface area contributed by atoms with Crippen LogP contribution in [0.5, 0.6) is 0 Å². The highest BCUT2D eigenvalue weighted by atomic mass is 16.6. The molecule has 0 N–H and O–H groups in total. The number of rotatable bonds is 5. The summed E-state index contributed by atoms with van der Waals surface area (Å²) in [5, 5.41) is 0. The summed E-state index contributed by atoms with van der Waals surface area (Å²) in [5.41, 5.74) is 0.348. The molecule has 6 heteroatoms. The Hall–Kier alpha value is -2.08. The van der Waals surface area contributed by atoms with Crippen LogP contribution < -0.4 is 0 Å². The molecule has 1 unspecified atom stereocenters. The maximum absolute atomic E-state index is 13.2. The summed E-state index contributed by atoms with van der Waals surface area (Å²) in [4.78, 5) is 27.4. The van der Waals surface area contributed by atoms with E-state index < -0.39 is 5.60 Å². The van der Waals surface area contributed by atoms with Gasteiger partial charge in [-0.3, -0.25) is 0 Å². The Morgan fingerprint density at radius 2 is 1.78 bits per heavy atom. The van der Waals surface area contributed by atoms with Gasteiger partial charge in [-0.2, -0.15) is 0 Å². The van der Waals surface area contributed by atoms with Crippen molar-refractivity contribution in [2.75, 3.05) is 6.61 Å². The highest BCUT2D eigenvalue weighted by Crippen LogP contribution is 2.46. The number of esters is 1. The molecular weight excluding hydrogens is 406 g/mol. The van der Waals surface area contributed by atoms with E-state index in [0.717, 1.165) is 18.4 Å². The predicted octanol–water partition coefficient (Wildman–Crippen LogP) is 5.34. The number of carbonyl (C=O) groups is 2. The zero-order valence-corrected chi connectivity index (χ0v) is 20.4. The molecule has 6 nitrogen and oxygen atoms in total. The number of hydrogen-bond donors (Lipinski definition) is 0. The van der Waals surface area contributed by atoms with E-state index in [2.05, 4.69) is 20.8 Å². The van der Waals surface area contributed by atoms with Crippen LogP contribution in [0.2, 0.25) is 0 Å². The molecular formula is C26H39NO5. The molecule has 1 aromatic carbocycles. The molecule has 0 radical (unpaired) electrons. The van der Waals surface area contributed by atoms with Gasteiger partial charge in [0, 0.05) is 12.1 Å². The van der Waals surface area contributed by atoms with Gasteiger partial charge in [0.15, 0.2) is 0 Å². The average Bonchev–Trinajstić information content (AvgIpc) is 2.74. The van der Waals surface area contributed by atoms with Crippen LogP contribution in [0.4, 0.5) is 4.79 Å². The molecule has 2 bridgehead atoms. The van der Waals surface area contributed by atoms with Gasteiger partial charge in [0.25, 0.3) is 0 Å². The van der Waals surface area contributed by atoms with E-state index in [9.17, 15) is 9.59 Å². The number of ether oxygens (including phenoxy) is 3. The predicted molar refractivity (Wildman–Crippen MR) is 123 cm³/mol. The summed E-state index contributed by atoms with van der Waals surface area (Å²) >= 11 is 0. The lowest BCUT2D eigenvalue weighted by Crippen LogP contribution is -2.58. The fourth-order valence-corrected chi connectivity index (χ4v) is 5.31. The lowest BCUT2D eigenvalue weighted by Gasteiger charge is -2.48. The quantitative estimate of drug-likeness (QED) is 0.573. The molecule has 0 aromatic heterocycles. The second kappa shape index (κ2) is 9.82. The first kappa shape index (κ1) is 24.6. The summed E-state index contributed by atoms with van der Waals surface area (Å²) in [6.45, 7) is 12.6. The minimum absolute atomic E-state index is 0.00592. The molecule has 2 aliphatic rings. The molecule has 32 heavy (non-hydrogen) atoms. The molecule has 2 aliphatic heterocycles. The van der Waals surface area contributed by atoms with Crippen molar-refractivity contribution in [1.82, 2.24) is 4.90 Å². The van der Waals surface area contributed by atoms with Gasteiger partial charge in [0.2, 0.25) is 0 Å². The van der Waals surface area contributed by atoms with Crippen LogP contribution in [0.25, 0.3) is 0 Å². The van der Waals surface area contributed by atoms with Crippen LogP contribution in [0.15, 0.2) is 30.3 Å². The van der Waals surface area contributed by atoms with E-state index in [1.807, 2.05) is 56.0 Å². The number of benzene rings is 1. The van der Waals surface area contributed by atoms with Crippen LogP contribution >= 0.6 is 0 Å². The van der Waals surface area contributed by atoms with Crippen molar-refractivity contribution >= 4 is 12.1 Å². The Balaban J connectivity index is 1.64. The standard InChI is InChI=1S/C26H39NO5/c1-18-12-20-13-21(30-17-23(28)31-16-19-10-8-7-9-11-19)14-22(26(5,6)15-18)27(20)24(29)32-25(2,3)4/h7-11,18,20-22H,12-17H2,1-6H3/t18-,20+,21-,22?/m0/s1. The van der Waals surface area contributed by atoms with Gasteiger partial charge < -0.3 is 19.1 Å². The zero-order chi connectivity index (χ0) is 23.5. The summed E-state index contributed by atoms with van der Waals surface area (Å²) in [7, 11) is 0. The Kier molecular flexibility index (Phi) is 7.53. The second-order valence-electron chi connectivity index (χ2n) is 11.1. The molecule has 0 saturated carbocycles. The lowest BCUT2D eigenvalue weighted by atomic mass is 9.75.